The van der Waals surface area contributed by atoms with Crippen LogP contribution in [-0.2, 0) is 9.59 Å². The van der Waals surface area contributed by atoms with E-state index in [1.807, 2.05) is 0 Å². The first-order chi connectivity index (χ1) is 18.5. The van der Waals surface area contributed by atoms with Crippen LogP contribution in [0, 0.1) is 11.8 Å². The van der Waals surface area contributed by atoms with Crippen molar-refractivity contribution >= 4 is 11.9 Å². The first-order valence-corrected chi connectivity index (χ1v) is 16.3. The summed E-state index contributed by atoms with van der Waals surface area (Å²) < 4.78 is 0. The second kappa shape index (κ2) is 28.4. The fraction of sp³-hybridized carbons (Fsp3) is 0.824. The molecule has 0 aromatic heterocycles. The van der Waals surface area contributed by atoms with Gasteiger partial charge in [-0.25, -0.2) is 0 Å². The topological polar surface area (TPSA) is 74.6 Å². The summed E-state index contributed by atoms with van der Waals surface area (Å²) in [5, 5.41) is 19.4. The Morgan fingerprint density at radius 3 is 1.18 bits per heavy atom. The van der Waals surface area contributed by atoms with Crippen LogP contribution in [0.1, 0.15) is 168 Å². The highest BCUT2D eigenvalue weighted by molar-refractivity contribution is 5.79. The smallest absolute Gasteiger partial charge is 0.307 e. The van der Waals surface area contributed by atoms with Gasteiger partial charge in [-0.2, -0.15) is 0 Å². The maximum absolute atomic E-state index is 11.9. The van der Waals surface area contributed by atoms with Crippen molar-refractivity contribution in [1.29, 1.82) is 0 Å². The molecule has 0 rings (SSSR count). The molecule has 0 radical (unpaired) electrons. The molecule has 0 bridgehead atoms. The van der Waals surface area contributed by atoms with Crippen LogP contribution in [0.5, 0.6) is 0 Å². The third-order valence-electron chi connectivity index (χ3n) is 7.70. The van der Waals surface area contributed by atoms with Gasteiger partial charge < -0.3 is 10.2 Å². The molecule has 0 heterocycles. The Kier molecular flexibility index (Phi) is 27.2. The zero-order valence-corrected chi connectivity index (χ0v) is 25.1. The molecule has 222 valence electrons. The molecule has 38 heavy (non-hydrogen) atoms. The van der Waals surface area contributed by atoms with Crippen LogP contribution in [0.15, 0.2) is 24.3 Å². The number of carbonyl (C=O) groups is 2. The second-order valence-electron chi connectivity index (χ2n) is 11.2. The van der Waals surface area contributed by atoms with Crippen LogP contribution in [0.4, 0.5) is 0 Å². The van der Waals surface area contributed by atoms with E-state index in [1.165, 1.54) is 83.5 Å². The van der Waals surface area contributed by atoms with Gasteiger partial charge in [0.05, 0.1) is 11.8 Å². The summed E-state index contributed by atoms with van der Waals surface area (Å²) >= 11 is 0. The minimum Gasteiger partial charge on any atom is -0.481 e. The first-order valence-electron chi connectivity index (χ1n) is 16.3. The Balaban J connectivity index is 3.95. The van der Waals surface area contributed by atoms with Gasteiger partial charge in [0, 0.05) is 0 Å². The summed E-state index contributed by atoms with van der Waals surface area (Å²) in [5.74, 6) is -3.40. The highest BCUT2D eigenvalue weighted by Gasteiger charge is 2.32. The van der Waals surface area contributed by atoms with E-state index in [9.17, 15) is 19.8 Å². The van der Waals surface area contributed by atoms with Crippen LogP contribution in [0.2, 0.25) is 0 Å². The number of hydrogen-bond donors (Lipinski definition) is 2. The van der Waals surface area contributed by atoms with Crippen LogP contribution in [0.3, 0.4) is 0 Å². The van der Waals surface area contributed by atoms with Crippen LogP contribution in [-0.4, -0.2) is 22.2 Å². The van der Waals surface area contributed by atoms with Crippen molar-refractivity contribution in [2.75, 3.05) is 0 Å². The average molecular weight is 535 g/mol. The predicted octanol–water partition coefficient (Wildman–Crippen LogP) is 10.9. The fourth-order valence-electron chi connectivity index (χ4n) is 5.20. The molecule has 4 nitrogen and oxygen atoms in total. The Morgan fingerprint density at radius 2 is 0.789 bits per heavy atom. The molecular formula is C34H62O4. The van der Waals surface area contributed by atoms with Gasteiger partial charge in [-0.1, -0.05) is 147 Å². The van der Waals surface area contributed by atoms with Gasteiger partial charge in [0.2, 0.25) is 0 Å². The minimum atomic E-state index is -0.943. The molecule has 0 saturated carbocycles. The molecule has 0 aliphatic heterocycles. The van der Waals surface area contributed by atoms with Crippen LogP contribution < -0.4 is 0 Å². The number of carboxylic acids is 2. The standard InChI is InChI=1S/C34H62O4/c1-3-5-7-9-11-13-15-17-18-20-22-24-26-28-30-32(34(37)38)31(33(35)36)29-27-25-23-21-19-16-14-12-10-8-6-4-2/h11,13,17-18,31-32H,3-10,12,14-16,19-30H2,1-2H3,(H,35,36)(H,37,38)/b13-11-,18-17-. The minimum absolute atomic E-state index is 0.475. The fourth-order valence-corrected chi connectivity index (χ4v) is 5.20. The lowest BCUT2D eigenvalue weighted by Crippen LogP contribution is -2.30. The summed E-state index contributed by atoms with van der Waals surface area (Å²) in [6, 6.07) is 0. The molecule has 4 heteroatoms. The third-order valence-corrected chi connectivity index (χ3v) is 7.70. The molecule has 0 spiro atoms. The summed E-state index contributed by atoms with van der Waals surface area (Å²) in [4.78, 5) is 23.7. The molecule has 2 atom stereocenters. The molecular weight excluding hydrogens is 472 g/mol. The molecule has 0 aliphatic rings. The highest BCUT2D eigenvalue weighted by Crippen LogP contribution is 2.26. The van der Waals surface area contributed by atoms with Crippen molar-refractivity contribution in [1.82, 2.24) is 0 Å². The highest BCUT2D eigenvalue weighted by atomic mass is 16.4. The second-order valence-corrected chi connectivity index (χ2v) is 11.2. The lowest BCUT2D eigenvalue weighted by molar-refractivity contribution is -0.154. The zero-order valence-electron chi connectivity index (χ0n) is 25.1. The molecule has 0 fully saturated rings. The first kappa shape index (κ1) is 36.4. The van der Waals surface area contributed by atoms with E-state index >= 15 is 0 Å². The van der Waals surface area contributed by atoms with E-state index in [4.69, 9.17) is 0 Å². The van der Waals surface area contributed by atoms with Crippen molar-refractivity contribution in [3.8, 4) is 0 Å². The number of carboxylic acid groups (broad SMARTS) is 2. The number of rotatable bonds is 29. The largest absolute Gasteiger partial charge is 0.481 e. The van der Waals surface area contributed by atoms with Gasteiger partial charge in [0.1, 0.15) is 0 Å². The monoisotopic (exact) mass is 534 g/mol. The number of unbranched alkanes of at least 4 members (excludes halogenated alkanes) is 18. The summed E-state index contributed by atoms with van der Waals surface area (Å²) in [6.45, 7) is 4.48. The third kappa shape index (κ3) is 23.5. The van der Waals surface area contributed by atoms with E-state index < -0.39 is 23.8 Å². The van der Waals surface area contributed by atoms with E-state index in [2.05, 4.69) is 38.2 Å². The van der Waals surface area contributed by atoms with Gasteiger partial charge >= 0.3 is 11.9 Å². The number of aliphatic carboxylic acids is 2. The Bertz CT molecular complexity index is 595. The average Bonchev–Trinajstić information content (AvgIpc) is 2.89. The Hall–Kier alpha value is -1.58. The SMILES string of the molecule is CCCCC/C=C\C/C=C\CCCCCCC(C(=O)O)C(CCCCCCCCCCCCCC)C(=O)O. The van der Waals surface area contributed by atoms with Crippen LogP contribution >= 0.6 is 0 Å². The van der Waals surface area contributed by atoms with Crippen molar-refractivity contribution in [2.45, 2.75) is 168 Å². The van der Waals surface area contributed by atoms with Gasteiger partial charge in [-0.3, -0.25) is 9.59 Å². The molecule has 0 amide bonds. The van der Waals surface area contributed by atoms with Gasteiger partial charge in [0.15, 0.2) is 0 Å². The summed E-state index contributed by atoms with van der Waals surface area (Å²) in [5.41, 5.74) is 0. The Morgan fingerprint density at radius 1 is 0.474 bits per heavy atom. The van der Waals surface area contributed by atoms with Gasteiger partial charge in [-0.05, 0) is 44.9 Å². The van der Waals surface area contributed by atoms with Crippen molar-refractivity contribution in [2.24, 2.45) is 11.8 Å². The molecule has 0 aromatic carbocycles. The van der Waals surface area contributed by atoms with E-state index in [1.54, 1.807) is 0 Å². The van der Waals surface area contributed by atoms with E-state index in [0.29, 0.717) is 12.8 Å². The summed E-state index contributed by atoms with van der Waals surface area (Å²) in [7, 11) is 0. The predicted molar refractivity (Wildman–Crippen MR) is 163 cm³/mol. The van der Waals surface area contributed by atoms with Crippen molar-refractivity contribution in [3.63, 3.8) is 0 Å². The lowest BCUT2D eigenvalue weighted by Gasteiger charge is -2.20. The van der Waals surface area contributed by atoms with Crippen molar-refractivity contribution in [3.05, 3.63) is 24.3 Å². The molecule has 0 saturated heterocycles. The molecule has 0 aliphatic carbocycles. The maximum Gasteiger partial charge on any atom is 0.307 e. The van der Waals surface area contributed by atoms with E-state index in [0.717, 1.165) is 57.8 Å². The summed E-state index contributed by atoms with van der Waals surface area (Å²) in [6.07, 6.45) is 35.8. The normalized spacial score (nSPS) is 13.4. The molecule has 2 N–H and O–H groups in total. The quantitative estimate of drug-likeness (QED) is 0.0739. The van der Waals surface area contributed by atoms with Gasteiger partial charge in [-0.15, -0.1) is 0 Å². The van der Waals surface area contributed by atoms with E-state index in [-0.39, 0.29) is 0 Å². The molecule has 0 aromatic rings. The Labute approximate surface area is 235 Å². The van der Waals surface area contributed by atoms with Crippen molar-refractivity contribution < 1.29 is 19.8 Å². The molecule has 2 unspecified atom stereocenters. The maximum atomic E-state index is 11.9. The zero-order chi connectivity index (χ0) is 28.1. The lowest BCUT2D eigenvalue weighted by atomic mass is 9.84. The van der Waals surface area contributed by atoms with Gasteiger partial charge in [0.25, 0.3) is 0 Å². The number of hydrogen-bond acceptors (Lipinski definition) is 2. The number of allylic oxidation sites excluding steroid dienone is 4. The van der Waals surface area contributed by atoms with Crippen LogP contribution in [0.25, 0.3) is 0 Å².